The van der Waals surface area contributed by atoms with Crippen LogP contribution in [0.1, 0.15) is 5.56 Å². The van der Waals surface area contributed by atoms with Crippen molar-refractivity contribution in [2.75, 3.05) is 0 Å². The van der Waals surface area contributed by atoms with Crippen LogP contribution in [-0.2, 0) is 0 Å². The van der Waals surface area contributed by atoms with Gasteiger partial charge in [0.2, 0.25) is 0 Å². The second kappa shape index (κ2) is 6.28. The Balaban J connectivity index is 1.93. The van der Waals surface area contributed by atoms with E-state index in [-0.39, 0.29) is 5.56 Å². The molecule has 0 fully saturated rings. The van der Waals surface area contributed by atoms with E-state index in [2.05, 4.69) is 15.1 Å². The van der Waals surface area contributed by atoms with Crippen LogP contribution in [0, 0.1) is 6.92 Å². The van der Waals surface area contributed by atoms with Crippen molar-refractivity contribution in [2.24, 2.45) is 0 Å². The summed E-state index contributed by atoms with van der Waals surface area (Å²) in [6.07, 6.45) is 3.12. The fourth-order valence-electron chi connectivity index (χ4n) is 3.38. The first kappa shape index (κ1) is 16.6. The lowest BCUT2D eigenvalue weighted by molar-refractivity contribution is 0.948. The molecule has 0 saturated carbocycles. The van der Waals surface area contributed by atoms with Gasteiger partial charge in [0.25, 0.3) is 11.3 Å². The van der Waals surface area contributed by atoms with Crippen molar-refractivity contribution in [3.63, 3.8) is 0 Å². The fraction of sp³-hybridized carbons (Fsp3) is 0.0476. The molecule has 136 valence electrons. The maximum Gasteiger partial charge on any atom is 0.266 e. The van der Waals surface area contributed by atoms with E-state index in [1.165, 1.54) is 6.33 Å². The van der Waals surface area contributed by atoms with Crippen molar-refractivity contribution in [3.05, 3.63) is 88.1 Å². The van der Waals surface area contributed by atoms with Crippen LogP contribution >= 0.6 is 11.6 Å². The average Bonchev–Trinajstić information content (AvgIpc) is 3.16. The highest BCUT2D eigenvalue weighted by Crippen LogP contribution is 2.27. The summed E-state index contributed by atoms with van der Waals surface area (Å²) in [6.45, 7) is 1.96. The summed E-state index contributed by atoms with van der Waals surface area (Å²) in [4.78, 5) is 22.2. The standard InChI is InChI=1S/C21H14ClN5O/c1-13-7-8-17(15(22)11-13)26-10-9-16-18(20(26)28)19(14-5-3-2-4-6-14)27-21(25-16)23-12-24-27/h2-12H,1H3. The first-order chi connectivity index (χ1) is 13.6. The van der Waals surface area contributed by atoms with E-state index in [1.54, 1.807) is 21.3 Å². The van der Waals surface area contributed by atoms with Crippen LogP contribution in [0.3, 0.4) is 0 Å². The monoisotopic (exact) mass is 387 g/mol. The van der Waals surface area contributed by atoms with Crippen molar-refractivity contribution >= 4 is 28.3 Å². The predicted molar refractivity (Wildman–Crippen MR) is 109 cm³/mol. The quantitative estimate of drug-likeness (QED) is 0.458. The SMILES string of the molecule is Cc1ccc(-n2ccc3nc4ncnn4c(-c4ccccc4)c3c2=O)c(Cl)c1. The first-order valence-corrected chi connectivity index (χ1v) is 9.08. The first-order valence-electron chi connectivity index (χ1n) is 8.70. The second-order valence-corrected chi connectivity index (χ2v) is 6.91. The Labute approximate surface area is 164 Å². The van der Waals surface area contributed by atoms with Gasteiger partial charge in [0.05, 0.1) is 27.3 Å². The third-order valence-electron chi connectivity index (χ3n) is 4.68. The summed E-state index contributed by atoms with van der Waals surface area (Å²) >= 11 is 6.42. The third-order valence-corrected chi connectivity index (χ3v) is 4.98. The highest BCUT2D eigenvalue weighted by atomic mass is 35.5. The van der Waals surface area contributed by atoms with Gasteiger partial charge < -0.3 is 0 Å². The maximum absolute atomic E-state index is 13.5. The number of aromatic nitrogens is 5. The van der Waals surface area contributed by atoms with Gasteiger partial charge in [-0.05, 0) is 30.7 Å². The molecule has 2 aromatic carbocycles. The largest absolute Gasteiger partial charge is 0.282 e. The minimum atomic E-state index is -0.216. The molecule has 0 radical (unpaired) electrons. The number of benzene rings is 2. The molecule has 0 bridgehead atoms. The Hall–Kier alpha value is -3.51. The number of fused-ring (bicyclic) bond motifs is 2. The minimum Gasteiger partial charge on any atom is -0.282 e. The van der Waals surface area contributed by atoms with E-state index in [0.29, 0.717) is 33.1 Å². The highest BCUT2D eigenvalue weighted by Gasteiger charge is 2.18. The molecule has 6 nitrogen and oxygen atoms in total. The molecular formula is C21H14ClN5O. The summed E-state index contributed by atoms with van der Waals surface area (Å²) in [7, 11) is 0. The number of halogens is 1. The molecule has 7 heteroatoms. The summed E-state index contributed by atoms with van der Waals surface area (Å²) in [6, 6.07) is 17.0. The molecule has 0 saturated heterocycles. The van der Waals surface area contributed by atoms with Crippen LogP contribution < -0.4 is 5.56 Å². The van der Waals surface area contributed by atoms with Crippen LogP contribution in [0.5, 0.6) is 0 Å². The van der Waals surface area contributed by atoms with Crippen molar-refractivity contribution in [2.45, 2.75) is 6.92 Å². The molecule has 0 unspecified atom stereocenters. The van der Waals surface area contributed by atoms with Crippen molar-refractivity contribution in [1.29, 1.82) is 0 Å². The van der Waals surface area contributed by atoms with E-state index in [9.17, 15) is 4.79 Å². The summed E-state index contributed by atoms with van der Waals surface area (Å²) < 4.78 is 3.14. The molecule has 0 amide bonds. The summed E-state index contributed by atoms with van der Waals surface area (Å²) in [5, 5.41) is 5.26. The molecule has 0 N–H and O–H groups in total. The Morgan fingerprint density at radius 2 is 1.86 bits per heavy atom. The lowest BCUT2D eigenvalue weighted by Crippen LogP contribution is -2.20. The number of rotatable bonds is 2. The number of hydrogen-bond donors (Lipinski definition) is 0. The van der Waals surface area contributed by atoms with E-state index in [4.69, 9.17) is 11.6 Å². The molecular weight excluding hydrogens is 374 g/mol. The Morgan fingerprint density at radius 1 is 1.04 bits per heavy atom. The highest BCUT2D eigenvalue weighted by molar-refractivity contribution is 6.32. The molecule has 0 aliphatic carbocycles. The number of aryl methyl sites for hydroxylation is 1. The minimum absolute atomic E-state index is 0.216. The van der Waals surface area contributed by atoms with Gasteiger partial charge in [0.1, 0.15) is 6.33 Å². The lowest BCUT2D eigenvalue weighted by Gasteiger charge is -2.12. The Kier molecular flexibility index (Phi) is 3.74. The van der Waals surface area contributed by atoms with Gasteiger partial charge in [0.15, 0.2) is 0 Å². The van der Waals surface area contributed by atoms with E-state index < -0.39 is 0 Å². The smallest absolute Gasteiger partial charge is 0.266 e. The van der Waals surface area contributed by atoms with Crippen LogP contribution in [0.25, 0.3) is 33.6 Å². The normalized spacial score (nSPS) is 11.4. The number of hydrogen-bond acceptors (Lipinski definition) is 4. The van der Waals surface area contributed by atoms with Gasteiger partial charge in [-0.25, -0.2) is 4.98 Å². The van der Waals surface area contributed by atoms with Gasteiger partial charge in [-0.3, -0.25) is 9.36 Å². The van der Waals surface area contributed by atoms with Crippen LogP contribution in [0.2, 0.25) is 5.02 Å². The number of nitrogens with zero attached hydrogens (tertiary/aromatic N) is 5. The summed E-state index contributed by atoms with van der Waals surface area (Å²) in [5.41, 5.74) is 3.50. The zero-order valence-electron chi connectivity index (χ0n) is 14.9. The fourth-order valence-corrected chi connectivity index (χ4v) is 3.71. The molecule has 3 aromatic heterocycles. The molecule has 5 aromatic rings. The molecule has 28 heavy (non-hydrogen) atoms. The van der Waals surface area contributed by atoms with Gasteiger partial charge in [-0.1, -0.05) is 48.0 Å². The van der Waals surface area contributed by atoms with Crippen LogP contribution in [0.15, 0.2) is 71.9 Å². The molecule has 5 rings (SSSR count). The van der Waals surface area contributed by atoms with Crippen molar-refractivity contribution < 1.29 is 0 Å². The Morgan fingerprint density at radius 3 is 2.64 bits per heavy atom. The van der Waals surface area contributed by atoms with Gasteiger partial charge in [-0.2, -0.15) is 14.6 Å². The zero-order valence-corrected chi connectivity index (χ0v) is 15.6. The topological polar surface area (TPSA) is 65.1 Å². The molecule has 0 atom stereocenters. The molecule has 3 heterocycles. The van der Waals surface area contributed by atoms with Gasteiger partial charge >= 0.3 is 0 Å². The Bertz CT molecular complexity index is 1410. The zero-order chi connectivity index (χ0) is 19.3. The van der Waals surface area contributed by atoms with Gasteiger partial charge in [-0.15, -0.1) is 0 Å². The average molecular weight is 388 g/mol. The number of pyridine rings is 1. The third kappa shape index (κ3) is 2.50. The van der Waals surface area contributed by atoms with Crippen LogP contribution in [-0.4, -0.2) is 24.1 Å². The maximum atomic E-state index is 13.5. The summed E-state index contributed by atoms with van der Waals surface area (Å²) in [5.74, 6) is 0.442. The predicted octanol–water partition coefficient (Wildman–Crippen LogP) is 4.06. The van der Waals surface area contributed by atoms with Crippen LogP contribution in [0.4, 0.5) is 0 Å². The second-order valence-electron chi connectivity index (χ2n) is 6.50. The molecule has 0 aliphatic heterocycles. The van der Waals surface area contributed by atoms with E-state index >= 15 is 0 Å². The van der Waals surface area contributed by atoms with Crippen molar-refractivity contribution in [1.82, 2.24) is 24.1 Å². The van der Waals surface area contributed by atoms with Gasteiger partial charge in [0, 0.05) is 11.8 Å². The lowest BCUT2D eigenvalue weighted by atomic mass is 10.1. The van der Waals surface area contributed by atoms with E-state index in [1.807, 2.05) is 55.5 Å². The van der Waals surface area contributed by atoms with E-state index in [0.717, 1.165) is 11.1 Å². The van der Waals surface area contributed by atoms with Crippen molar-refractivity contribution in [3.8, 4) is 16.9 Å². The molecule has 0 spiro atoms. The molecule has 0 aliphatic rings.